The molecule has 0 aromatic heterocycles. The first-order valence-corrected chi connectivity index (χ1v) is 22.6. The molecule has 6 atom stereocenters. The van der Waals surface area contributed by atoms with Crippen LogP contribution in [0, 0.1) is 17.8 Å². The van der Waals surface area contributed by atoms with Gasteiger partial charge in [-0.2, -0.15) is 0 Å². The molecule has 0 saturated heterocycles. The molecule has 0 bridgehead atoms. The minimum atomic E-state index is -1.58. The Labute approximate surface area is 381 Å². The molecule has 0 spiro atoms. The number of nitrogens with one attached hydrogen (secondary N) is 1. The van der Waals surface area contributed by atoms with Crippen LogP contribution in [0.1, 0.15) is 77.2 Å². The molecule has 354 valence electrons. The largest absolute Gasteiger partial charge is 0.497 e. The lowest BCUT2D eigenvalue weighted by Crippen LogP contribution is -2.70. The fourth-order valence-electron chi connectivity index (χ4n) is 8.96. The topological polar surface area (TPSA) is 196 Å². The first-order valence-electron chi connectivity index (χ1n) is 22.0. The molecule has 1 aliphatic heterocycles. The predicted molar refractivity (Wildman–Crippen MR) is 242 cm³/mol. The van der Waals surface area contributed by atoms with Gasteiger partial charge in [-0.3, -0.25) is 10.2 Å². The van der Waals surface area contributed by atoms with Crippen LogP contribution in [0.5, 0.6) is 23.0 Å². The van der Waals surface area contributed by atoms with Crippen molar-refractivity contribution in [2.45, 2.75) is 89.1 Å². The molecule has 2 aliphatic carbocycles. The van der Waals surface area contributed by atoms with Crippen molar-refractivity contribution in [3.8, 4) is 23.0 Å². The van der Waals surface area contributed by atoms with E-state index in [4.69, 9.17) is 54.8 Å². The van der Waals surface area contributed by atoms with Crippen molar-refractivity contribution >= 4 is 35.2 Å². The van der Waals surface area contributed by atoms with E-state index in [0.29, 0.717) is 54.3 Å². The number of aliphatic hydroxyl groups excluding tert-OH is 3. The summed E-state index contributed by atoms with van der Waals surface area (Å²) in [6.07, 6.45) is 6.65. The summed E-state index contributed by atoms with van der Waals surface area (Å²) < 4.78 is 42.4. The number of anilines is 1. The van der Waals surface area contributed by atoms with Gasteiger partial charge in [0.25, 0.3) is 0 Å². The number of carbonyl (C=O) groups is 2. The summed E-state index contributed by atoms with van der Waals surface area (Å²) >= 11 is 6.03. The quantitative estimate of drug-likeness (QED) is 0.0352. The van der Waals surface area contributed by atoms with E-state index in [1.54, 1.807) is 36.4 Å². The number of oxime groups is 1. The van der Waals surface area contributed by atoms with E-state index >= 15 is 0 Å². The van der Waals surface area contributed by atoms with Crippen LogP contribution in [0.15, 0.2) is 65.9 Å². The minimum absolute atomic E-state index is 0.0238. The smallest absolute Gasteiger partial charge is 0.417 e. The number of aliphatic hydroxyl groups is 3. The Balaban J connectivity index is 1.73. The van der Waals surface area contributed by atoms with E-state index in [1.807, 2.05) is 26.8 Å². The maximum Gasteiger partial charge on any atom is 0.417 e. The number of hydrogen-bond donors (Lipinski definition) is 4. The average molecular weight is 917 g/mol. The monoisotopic (exact) mass is 915 g/mol. The number of rotatable bonds is 24. The van der Waals surface area contributed by atoms with Crippen LogP contribution in [0.4, 0.5) is 15.3 Å². The average Bonchev–Trinajstić information content (AvgIpc) is 3.28. The van der Waals surface area contributed by atoms with Crippen molar-refractivity contribution in [2.75, 3.05) is 78.2 Å². The number of unbranched alkanes of at least 4 members (excludes halogenated alkanes) is 2. The molecule has 0 radical (unpaired) electrons. The summed E-state index contributed by atoms with van der Waals surface area (Å²) in [6.45, 7) is 9.70. The first-order chi connectivity index (χ1) is 30.9. The van der Waals surface area contributed by atoms with E-state index < -0.39 is 41.5 Å². The lowest BCUT2D eigenvalue weighted by atomic mass is 9.55. The zero-order valence-corrected chi connectivity index (χ0v) is 38.5. The first kappa shape index (κ1) is 50.4. The molecule has 64 heavy (non-hydrogen) atoms. The molecule has 5 rings (SSSR count). The number of halogens is 1. The van der Waals surface area contributed by atoms with Gasteiger partial charge in [0, 0.05) is 43.7 Å². The van der Waals surface area contributed by atoms with Crippen molar-refractivity contribution in [3.05, 3.63) is 66.3 Å². The van der Waals surface area contributed by atoms with Crippen LogP contribution in [0.2, 0.25) is 0 Å². The Morgan fingerprint density at radius 3 is 2.41 bits per heavy atom. The number of amides is 2. The van der Waals surface area contributed by atoms with E-state index in [2.05, 4.69) is 18.0 Å². The molecule has 2 aromatic rings. The molecular formula is C47H66ClN3O13. The zero-order chi connectivity index (χ0) is 46.3. The summed E-state index contributed by atoms with van der Waals surface area (Å²) in [5.74, 6) is -1.02. The van der Waals surface area contributed by atoms with Crippen molar-refractivity contribution in [2.24, 2.45) is 22.9 Å². The molecule has 0 unspecified atom stereocenters. The van der Waals surface area contributed by atoms with Gasteiger partial charge in [0.1, 0.15) is 41.2 Å². The third kappa shape index (κ3) is 12.4. The molecule has 3 aliphatic rings. The number of ether oxygens (including phenoxy) is 7. The Hall–Kier alpha value is -4.58. The Morgan fingerprint density at radius 2 is 1.73 bits per heavy atom. The fraction of sp³-hybridized carbons (Fsp3) is 0.596. The van der Waals surface area contributed by atoms with E-state index in [-0.39, 0.29) is 82.7 Å². The molecular weight excluding hydrogens is 850 g/mol. The highest BCUT2D eigenvalue weighted by molar-refractivity contribution is 6.18. The van der Waals surface area contributed by atoms with Crippen LogP contribution in [-0.2, 0) is 19.0 Å². The van der Waals surface area contributed by atoms with Crippen LogP contribution >= 0.6 is 11.6 Å². The predicted octanol–water partition coefficient (Wildman–Crippen LogP) is 7.43. The summed E-state index contributed by atoms with van der Waals surface area (Å²) in [7, 11) is 3.03. The number of hydrogen-bond acceptors (Lipinski definition) is 14. The molecule has 1 fully saturated rings. The zero-order valence-electron chi connectivity index (χ0n) is 37.7. The summed E-state index contributed by atoms with van der Waals surface area (Å²) in [5.41, 5.74) is 1.87. The van der Waals surface area contributed by atoms with Crippen molar-refractivity contribution < 1.29 is 62.9 Å². The van der Waals surface area contributed by atoms with Crippen LogP contribution in [0.25, 0.3) is 0 Å². The fourth-order valence-corrected chi connectivity index (χ4v) is 9.04. The van der Waals surface area contributed by atoms with Gasteiger partial charge in [-0.05, 0) is 94.2 Å². The normalized spacial score (nSPS) is 22.9. The Morgan fingerprint density at radius 1 is 0.984 bits per heavy atom. The van der Waals surface area contributed by atoms with Gasteiger partial charge in [0.15, 0.2) is 0 Å². The van der Waals surface area contributed by atoms with Crippen molar-refractivity contribution in [1.82, 2.24) is 4.90 Å². The molecule has 17 heteroatoms. The van der Waals surface area contributed by atoms with E-state index in [9.17, 15) is 24.9 Å². The number of fused-ring (bicyclic) bond motifs is 2. The highest BCUT2D eigenvalue weighted by Crippen LogP contribution is 2.62. The van der Waals surface area contributed by atoms with Crippen LogP contribution in [-0.4, -0.2) is 128 Å². The van der Waals surface area contributed by atoms with Gasteiger partial charge < -0.3 is 53.3 Å². The maximum atomic E-state index is 14.3. The van der Waals surface area contributed by atoms with Gasteiger partial charge in [0.05, 0.1) is 63.8 Å². The summed E-state index contributed by atoms with van der Waals surface area (Å²) in [6, 6.07) is 9.31. The van der Waals surface area contributed by atoms with Crippen LogP contribution in [0.3, 0.4) is 0 Å². The standard InChI is InChI=1S/C47H66ClN3O13/c1-7-23-61-47-41(51(19-25-59-26-22-54)45(56)60-24-18-48)30-38(50-64-46(2,3)4)35-27-31(12-8-10-20-52)34(13-9-11-21-53)42(43(35)47)36-28-33(15-17-39(36)63-47)62-44(55)49-37-16-14-32(57-5)29-40(37)58-6/h7,14-17,27-29,31,34,41-43,52-54H,1,8-13,18-26,30H2,2-6H3,(H,49,55)/t31-,34+,41-,42+,43+,47+/m0/s1. The van der Waals surface area contributed by atoms with Gasteiger partial charge in [-0.1, -0.05) is 30.1 Å². The minimum Gasteiger partial charge on any atom is -0.497 e. The second kappa shape index (κ2) is 24.1. The second-order valence-electron chi connectivity index (χ2n) is 16.9. The highest BCUT2D eigenvalue weighted by atomic mass is 35.5. The highest BCUT2D eigenvalue weighted by Gasteiger charge is 2.65. The van der Waals surface area contributed by atoms with Gasteiger partial charge >= 0.3 is 12.2 Å². The molecule has 2 amide bonds. The third-order valence-corrected chi connectivity index (χ3v) is 11.7. The molecule has 2 aromatic carbocycles. The number of nitrogens with zero attached hydrogens (tertiary/aromatic N) is 2. The summed E-state index contributed by atoms with van der Waals surface area (Å²) in [4.78, 5) is 35.5. The number of allylic oxidation sites excluding steroid dienone is 1. The van der Waals surface area contributed by atoms with Crippen molar-refractivity contribution in [1.29, 1.82) is 0 Å². The van der Waals surface area contributed by atoms with Crippen LogP contribution < -0.4 is 24.3 Å². The lowest BCUT2D eigenvalue weighted by molar-refractivity contribution is -0.256. The molecule has 1 saturated carbocycles. The lowest BCUT2D eigenvalue weighted by Gasteiger charge is -2.59. The van der Waals surface area contributed by atoms with Gasteiger partial charge in [0.2, 0.25) is 5.79 Å². The van der Waals surface area contributed by atoms with Crippen molar-refractivity contribution in [3.63, 3.8) is 0 Å². The van der Waals surface area contributed by atoms with E-state index in [0.717, 1.165) is 24.0 Å². The number of alkyl halides is 1. The second-order valence-corrected chi connectivity index (χ2v) is 17.3. The number of carbonyl (C=O) groups excluding carboxylic acids is 2. The number of benzene rings is 2. The number of methoxy groups -OCH3 is 2. The Kier molecular flexibility index (Phi) is 19.0. The summed E-state index contributed by atoms with van der Waals surface area (Å²) in [5, 5.41) is 37.0. The molecule has 4 N–H and O–H groups in total. The third-order valence-electron chi connectivity index (χ3n) is 11.6. The van der Waals surface area contributed by atoms with E-state index in [1.165, 1.54) is 19.1 Å². The SMILES string of the molecule is C=CCO[C@@]12Oc3ccc(OC(=O)Nc4ccc(OC)cc4OC)cc3[C@H]3[C@H](CCCCO)[C@@H](CCCCO)C=C(C(=NOC(C)(C)C)C[C@@H]1N(CCOCCO)C(=O)OCCCl)[C@H]32. The molecule has 16 nitrogen and oxygen atoms in total. The Bertz CT molecular complexity index is 1920. The van der Waals surface area contributed by atoms with Gasteiger partial charge in [-0.15, -0.1) is 18.2 Å². The van der Waals surface area contributed by atoms with Gasteiger partial charge in [-0.25, -0.2) is 9.59 Å². The maximum absolute atomic E-state index is 14.3. The molecule has 1 heterocycles.